The fourth-order valence-electron chi connectivity index (χ4n) is 4.21. The van der Waals surface area contributed by atoms with Crippen LogP contribution < -0.4 is 20.7 Å². The predicted octanol–water partition coefficient (Wildman–Crippen LogP) is 3.01. The topological polar surface area (TPSA) is 84.7 Å². The summed E-state index contributed by atoms with van der Waals surface area (Å²) in [6.45, 7) is 3.77. The summed E-state index contributed by atoms with van der Waals surface area (Å²) in [5, 5.41) is 0. The molecule has 3 heterocycles. The molecule has 9 nitrogen and oxygen atoms in total. The second-order valence-corrected chi connectivity index (χ2v) is 7.75. The molecule has 0 spiro atoms. The van der Waals surface area contributed by atoms with Gasteiger partial charge in [-0.05, 0) is 12.1 Å². The van der Waals surface area contributed by atoms with Crippen LogP contribution in [-0.4, -0.2) is 37.3 Å². The Bertz CT molecular complexity index is 1670. The summed E-state index contributed by atoms with van der Waals surface area (Å²) in [5.41, 5.74) is 2.11. The minimum Gasteiger partial charge on any atom is -0.497 e. The lowest BCUT2D eigenvalue weighted by atomic mass is 10.1. The van der Waals surface area contributed by atoms with Crippen LogP contribution in [0.15, 0.2) is 77.0 Å². The third-order valence-electron chi connectivity index (χ3n) is 5.86. The largest absolute Gasteiger partial charge is 0.497 e. The molecule has 9 heteroatoms. The van der Waals surface area contributed by atoms with E-state index in [1.165, 1.54) is 10.6 Å². The predicted molar refractivity (Wildman–Crippen MR) is 130 cm³/mol. The van der Waals surface area contributed by atoms with Crippen molar-refractivity contribution in [2.45, 2.75) is 6.54 Å². The lowest BCUT2D eigenvalue weighted by molar-refractivity contribution is 0.402. The number of methoxy groups -OCH3 is 2. The van der Waals surface area contributed by atoms with Gasteiger partial charge in [0.2, 0.25) is 5.78 Å². The van der Waals surface area contributed by atoms with Gasteiger partial charge in [0.25, 0.3) is 5.56 Å². The van der Waals surface area contributed by atoms with E-state index in [1.807, 2.05) is 59.3 Å². The molecule has 0 radical (unpaired) electrons. The Balaban J connectivity index is 1.98. The Kier molecular flexibility index (Phi) is 5.09. The maximum absolute atomic E-state index is 13.4. The van der Waals surface area contributed by atoms with Crippen molar-refractivity contribution in [3.8, 4) is 28.4 Å². The van der Waals surface area contributed by atoms with Gasteiger partial charge in [-0.15, -0.1) is 6.58 Å². The normalized spacial score (nSPS) is 11.3. The molecule has 2 aromatic carbocycles. The Hall–Kier alpha value is -4.53. The molecule has 3 aromatic heterocycles. The number of allylic oxidation sites excluding steroid dienone is 1. The summed E-state index contributed by atoms with van der Waals surface area (Å²) < 4.78 is 17.3. The fraction of sp³-hybridized carbons (Fsp3) is 0.160. The first-order valence-electron chi connectivity index (χ1n) is 10.6. The monoisotopic (exact) mass is 457 g/mol. The minimum atomic E-state index is -0.452. The number of nitrogens with zero attached hydrogens (tertiary/aromatic N) is 5. The van der Waals surface area contributed by atoms with Crippen LogP contribution in [0.25, 0.3) is 33.9 Å². The Labute approximate surface area is 194 Å². The molecule has 0 aliphatic carbocycles. The van der Waals surface area contributed by atoms with Crippen molar-refractivity contribution in [2.75, 3.05) is 14.2 Å². The Morgan fingerprint density at radius 1 is 1.06 bits per heavy atom. The molecule has 0 unspecified atom stereocenters. The van der Waals surface area contributed by atoms with Gasteiger partial charge in [-0.3, -0.25) is 22.9 Å². The van der Waals surface area contributed by atoms with Crippen molar-refractivity contribution in [2.24, 2.45) is 7.05 Å². The second-order valence-electron chi connectivity index (χ2n) is 7.75. The van der Waals surface area contributed by atoms with Crippen molar-refractivity contribution in [1.29, 1.82) is 0 Å². The van der Waals surface area contributed by atoms with Crippen LogP contribution >= 0.6 is 0 Å². The van der Waals surface area contributed by atoms with E-state index in [4.69, 9.17) is 14.5 Å². The molecule has 0 saturated heterocycles. The number of aromatic nitrogens is 5. The Morgan fingerprint density at radius 3 is 2.50 bits per heavy atom. The van der Waals surface area contributed by atoms with Gasteiger partial charge in [-0.2, -0.15) is 4.98 Å². The smallest absolute Gasteiger partial charge is 0.332 e. The van der Waals surface area contributed by atoms with E-state index in [9.17, 15) is 9.59 Å². The summed E-state index contributed by atoms with van der Waals surface area (Å²) in [4.78, 5) is 30.9. The number of aryl methyl sites for hydroxylation is 1. The lowest BCUT2D eigenvalue weighted by Crippen LogP contribution is -2.39. The van der Waals surface area contributed by atoms with Crippen molar-refractivity contribution >= 4 is 16.9 Å². The number of benzene rings is 2. The first-order chi connectivity index (χ1) is 16.5. The molecular formula is C25H23N5O4. The van der Waals surface area contributed by atoms with Crippen LogP contribution in [0, 0.1) is 0 Å². The number of hydrogen-bond donors (Lipinski definition) is 0. The van der Waals surface area contributed by atoms with E-state index in [2.05, 4.69) is 6.58 Å². The first-order valence-corrected chi connectivity index (χ1v) is 10.6. The third-order valence-corrected chi connectivity index (χ3v) is 5.86. The van der Waals surface area contributed by atoms with Crippen molar-refractivity contribution in [1.82, 2.24) is 23.1 Å². The number of hydrogen-bond acceptors (Lipinski definition) is 5. The molecular weight excluding hydrogens is 434 g/mol. The van der Waals surface area contributed by atoms with Crippen molar-refractivity contribution in [3.63, 3.8) is 0 Å². The number of fused-ring (bicyclic) bond motifs is 3. The standard InChI is InChI=1S/C25H23N5O4/c1-5-13-28-23(31)21-22(27(2)25(28)32)26-24-29(21)15-19(16-9-7-6-8-10-16)30(24)18-14-17(33-3)11-12-20(18)34-4/h5-12,14-15H,1,13H2,2-4H3. The van der Waals surface area contributed by atoms with Crippen LogP contribution in [0.3, 0.4) is 0 Å². The van der Waals surface area contributed by atoms with Crippen molar-refractivity contribution in [3.05, 3.63) is 88.2 Å². The van der Waals surface area contributed by atoms with Gasteiger partial charge >= 0.3 is 5.69 Å². The third kappa shape index (κ3) is 3.05. The molecule has 0 aliphatic rings. The molecule has 5 rings (SSSR count). The zero-order valence-corrected chi connectivity index (χ0v) is 19.1. The highest BCUT2D eigenvalue weighted by molar-refractivity contribution is 5.80. The van der Waals surface area contributed by atoms with Crippen LogP contribution in [0.2, 0.25) is 0 Å². The molecule has 0 atom stereocenters. The van der Waals surface area contributed by atoms with E-state index in [0.29, 0.717) is 34.1 Å². The van der Waals surface area contributed by atoms with Gasteiger partial charge < -0.3 is 9.47 Å². The highest BCUT2D eigenvalue weighted by atomic mass is 16.5. The quantitative estimate of drug-likeness (QED) is 0.366. The van der Waals surface area contributed by atoms with Gasteiger partial charge in [-0.1, -0.05) is 36.4 Å². The highest BCUT2D eigenvalue weighted by Gasteiger charge is 2.23. The summed E-state index contributed by atoms with van der Waals surface area (Å²) >= 11 is 0. The highest BCUT2D eigenvalue weighted by Crippen LogP contribution is 2.35. The summed E-state index contributed by atoms with van der Waals surface area (Å²) in [6.07, 6.45) is 3.37. The summed E-state index contributed by atoms with van der Waals surface area (Å²) in [6, 6.07) is 15.2. The Morgan fingerprint density at radius 2 is 1.82 bits per heavy atom. The molecule has 34 heavy (non-hydrogen) atoms. The molecule has 0 saturated carbocycles. The molecule has 172 valence electrons. The fourth-order valence-corrected chi connectivity index (χ4v) is 4.21. The van der Waals surface area contributed by atoms with Gasteiger partial charge in [0.15, 0.2) is 11.2 Å². The van der Waals surface area contributed by atoms with Gasteiger partial charge in [-0.25, -0.2) is 4.79 Å². The van der Waals surface area contributed by atoms with E-state index < -0.39 is 11.2 Å². The lowest BCUT2D eigenvalue weighted by Gasteiger charge is -2.14. The molecule has 0 bridgehead atoms. The maximum atomic E-state index is 13.4. The number of rotatable bonds is 6. The minimum absolute atomic E-state index is 0.102. The summed E-state index contributed by atoms with van der Waals surface area (Å²) in [5.74, 6) is 1.70. The average molecular weight is 457 g/mol. The first kappa shape index (κ1) is 21.3. The number of ether oxygens (including phenoxy) is 2. The zero-order chi connectivity index (χ0) is 24.0. The van der Waals surface area contributed by atoms with Crippen LogP contribution in [0.1, 0.15) is 0 Å². The number of imidazole rings is 2. The maximum Gasteiger partial charge on any atom is 0.332 e. The van der Waals surface area contributed by atoms with Crippen molar-refractivity contribution < 1.29 is 9.47 Å². The van der Waals surface area contributed by atoms with Crippen LogP contribution in [0.4, 0.5) is 0 Å². The molecule has 0 N–H and O–H groups in total. The molecule has 0 aliphatic heterocycles. The molecule has 5 aromatic rings. The zero-order valence-electron chi connectivity index (χ0n) is 19.1. The van der Waals surface area contributed by atoms with E-state index in [-0.39, 0.29) is 6.54 Å². The second kappa shape index (κ2) is 8.11. The molecule has 0 amide bonds. The van der Waals surface area contributed by atoms with Gasteiger partial charge in [0.05, 0.1) is 25.6 Å². The van der Waals surface area contributed by atoms with Crippen LogP contribution in [-0.2, 0) is 13.6 Å². The summed E-state index contributed by atoms with van der Waals surface area (Å²) in [7, 11) is 4.79. The van der Waals surface area contributed by atoms with E-state index >= 15 is 0 Å². The SMILES string of the molecule is C=CCn1c(=O)c2c(nc3n(-c4cc(OC)ccc4OC)c(-c4ccccc4)cn23)n(C)c1=O. The average Bonchev–Trinajstić information content (AvgIpc) is 3.42. The van der Waals surface area contributed by atoms with E-state index in [1.54, 1.807) is 25.7 Å². The molecule has 0 fully saturated rings. The van der Waals surface area contributed by atoms with E-state index in [0.717, 1.165) is 15.8 Å². The van der Waals surface area contributed by atoms with Crippen LogP contribution in [0.5, 0.6) is 11.5 Å². The van der Waals surface area contributed by atoms with Gasteiger partial charge in [0.1, 0.15) is 11.5 Å². The van der Waals surface area contributed by atoms with Gasteiger partial charge in [0, 0.05) is 31.4 Å².